The quantitative estimate of drug-likeness (QED) is 0.408. The highest BCUT2D eigenvalue weighted by Crippen LogP contribution is 2.18. The van der Waals surface area contributed by atoms with E-state index in [0.717, 1.165) is 5.56 Å². The smallest absolute Gasteiger partial charge is 0.326 e. The molecule has 9 nitrogen and oxygen atoms in total. The molecule has 31 heavy (non-hydrogen) atoms. The SMILES string of the molecule is CSCCC(NC(=O)/C(C#N)=C\N1CCN(S(=O)(=O)c2ccc(C)cc2)CC1)C(=O)O. The summed E-state index contributed by atoms with van der Waals surface area (Å²) < 4.78 is 26.9. The van der Waals surface area contributed by atoms with Crippen LogP contribution in [0.1, 0.15) is 12.0 Å². The van der Waals surface area contributed by atoms with Crippen molar-refractivity contribution in [1.82, 2.24) is 14.5 Å². The fourth-order valence-corrected chi connectivity index (χ4v) is 4.88. The van der Waals surface area contributed by atoms with Crippen molar-refractivity contribution in [3.8, 4) is 6.07 Å². The van der Waals surface area contributed by atoms with E-state index in [1.54, 1.807) is 35.2 Å². The van der Waals surface area contributed by atoms with Crippen LogP contribution in [0.4, 0.5) is 0 Å². The van der Waals surface area contributed by atoms with Gasteiger partial charge in [0, 0.05) is 32.4 Å². The first-order chi connectivity index (χ1) is 14.7. The van der Waals surface area contributed by atoms with Crippen molar-refractivity contribution >= 4 is 33.7 Å². The number of carbonyl (C=O) groups excluding carboxylic acids is 1. The van der Waals surface area contributed by atoms with Crippen LogP contribution in [-0.4, -0.2) is 78.8 Å². The van der Waals surface area contributed by atoms with Gasteiger partial charge in [-0.3, -0.25) is 4.79 Å². The molecule has 0 radical (unpaired) electrons. The van der Waals surface area contributed by atoms with Crippen LogP contribution < -0.4 is 5.32 Å². The van der Waals surface area contributed by atoms with E-state index in [4.69, 9.17) is 0 Å². The highest BCUT2D eigenvalue weighted by Gasteiger charge is 2.28. The standard InChI is InChI=1S/C20H26N4O5S2/c1-15-3-5-17(6-4-15)31(28,29)24-10-8-23(9-11-24)14-16(13-21)19(25)22-18(20(26)27)7-12-30-2/h3-6,14,18H,7-12H2,1-2H3,(H,22,25)(H,26,27)/b16-14-. The average Bonchev–Trinajstić information content (AvgIpc) is 2.75. The average molecular weight is 467 g/mol. The van der Waals surface area contributed by atoms with E-state index in [-0.39, 0.29) is 30.0 Å². The Kier molecular flexibility index (Phi) is 8.91. The van der Waals surface area contributed by atoms with Gasteiger partial charge in [0.15, 0.2) is 0 Å². The number of thioether (sulfide) groups is 1. The summed E-state index contributed by atoms with van der Waals surface area (Å²) in [5.41, 5.74) is 0.750. The van der Waals surface area contributed by atoms with Gasteiger partial charge >= 0.3 is 5.97 Å². The highest BCUT2D eigenvalue weighted by molar-refractivity contribution is 7.98. The molecule has 0 bridgehead atoms. The molecule has 0 aliphatic carbocycles. The van der Waals surface area contributed by atoms with Crippen molar-refractivity contribution in [2.24, 2.45) is 0 Å². The number of hydrogen-bond donors (Lipinski definition) is 2. The number of rotatable bonds is 9. The molecule has 1 fully saturated rings. The van der Waals surface area contributed by atoms with E-state index in [1.165, 1.54) is 22.3 Å². The summed E-state index contributed by atoms with van der Waals surface area (Å²) in [6.07, 6.45) is 3.44. The van der Waals surface area contributed by atoms with Crippen molar-refractivity contribution in [3.05, 3.63) is 41.6 Å². The van der Waals surface area contributed by atoms with Crippen LogP contribution >= 0.6 is 11.8 Å². The zero-order chi connectivity index (χ0) is 23.0. The van der Waals surface area contributed by atoms with E-state index in [1.807, 2.05) is 13.2 Å². The number of nitriles is 1. The van der Waals surface area contributed by atoms with E-state index >= 15 is 0 Å². The van der Waals surface area contributed by atoms with Gasteiger partial charge in [-0.2, -0.15) is 21.3 Å². The van der Waals surface area contributed by atoms with Crippen LogP contribution in [0.3, 0.4) is 0 Å². The molecule has 168 valence electrons. The third-order valence-corrected chi connectivity index (χ3v) is 7.38. The molecule has 1 aromatic carbocycles. The molecule has 1 atom stereocenters. The summed E-state index contributed by atoms with van der Waals surface area (Å²) in [4.78, 5) is 25.6. The predicted molar refractivity (Wildman–Crippen MR) is 118 cm³/mol. The lowest BCUT2D eigenvalue weighted by molar-refractivity contribution is -0.141. The van der Waals surface area contributed by atoms with E-state index in [2.05, 4.69) is 5.32 Å². The van der Waals surface area contributed by atoms with E-state index in [0.29, 0.717) is 18.8 Å². The maximum absolute atomic E-state index is 12.8. The molecule has 1 aliphatic rings. The Morgan fingerprint density at radius 2 is 1.87 bits per heavy atom. The summed E-state index contributed by atoms with van der Waals surface area (Å²) in [6.45, 7) is 2.90. The Hall–Kier alpha value is -2.55. The molecule has 2 N–H and O–H groups in total. The fraction of sp³-hybridized carbons (Fsp3) is 0.450. The second-order valence-electron chi connectivity index (χ2n) is 7.05. The number of carboxylic acid groups (broad SMARTS) is 1. The molecule has 2 rings (SSSR count). The number of benzene rings is 1. The van der Waals surface area contributed by atoms with E-state index in [9.17, 15) is 28.4 Å². The first kappa shape index (κ1) is 24.7. The Balaban J connectivity index is 2.01. The van der Waals surface area contributed by atoms with Crippen LogP contribution in [0.5, 0.6) is 0 Å². The molecule has 11 heteroatoms. The van der Waals surface area contributed by atoms with Gasteiger partial charge in [-0.15, -0.1) is 0 Å². The van der Waals surface area contributed by atoms with Crippen LogP contribution in [0.2, 0.25) is 0 Å². The van der Waals surface area contributed by atoms with Crippen LogP contribution in [0.15, 0.2) is 40.9 Å². The van der Waals surface area contributed by atoms with Gasteiger partial charge in [0.05, 0.1) is 4.90 Å². The van der Waals surface area contributed by atoms with Crippen molar-refractivity contribution < 1.29 is 23.1 Å². The van der Waals surface area contributed by atoms with Gasteiger partial charge in [0.25, 0.3) is 5.91 Å². The summed E-state index contributed by atoms with van der Waals surface area (Å²) in [6, 6.07) is 7.36. The molecular weight excluding hydrogens is 440 g/mol. The number of piperazine rings is 1. The Morgan fingerprint density at radius 1 is 1.26 bits per heavy atom. The monoisotopic (exact) mass is 466 g/mol. The number of aryl methyl sites for hydroxylation is 1. The van der Waals surface area contributed by atoms with Crippen molar-refractivity contribution in [3.63, 3.8) is 0 Å². The third-order valence-electron chi connectivity index (χ3n) is 4.82. The van der Waals surface area contributed by atoms with Gasteiger partial charge in [-0.1, -0.05) is 17.7 Å². The van der Waals surface area contributed by atoms with Gasteiger partial charge in [-0.25, -0.2) is 13.2 Å². The molecule has 1 aliphatic heterocycles. The fourth-order valence-electron chi connectivity index (χ4n) is 2.98. The maximum Gasteiger partial charge on any atom is 0.326 e. The Bertz CT molecular complexity index is 962. The van der Waals surface area contributed by atoms with Crippen LogP contribution in [-0.2, 0) is 19.6 Å². The number of aliphatic carboxylic acids is 1. The molecule has 1 amide bonds. The second-order valence-corrected chi connectivity index (χ2v) is 9.98. The minimum Gasteiger partial charge on any atom is -0.480 e. The zero-order valence-electron chi connectivity index (χ0n) is 17.4. The normalized spacial score (nSPS) is 16.4. The second kappa shape index (κ2) is 11.2. The number of sulfonamides is 1. The molecule has 0 saturated carbocycles. The lowest BCUT2D eigenvalue weighted by Gasteiger charge is -2.33. The number of carbonyl (C=O) groups is 2. The molecule has 1 aromatic rings. The number of nitrogens with one attached hydrogen (secondary N) is 1. The summed E-state index contributed by atoms with van der Waals surface area (Å²) in [5, 5.41) is 21.0. The molecule has 1 saturated heterocycles. The van der Waals surface area contributed by atoms with Crippen molar-refractivity contribution in [1.29, 1.82) is 5.26 Å². The van der Waals surface area contributed by atoms with E-state index < -0.39 is 27.9 Å². The first-order valence-electron chi connectivity index (χ1n) is 9.64. The largest absolute Gasteiger partial charge is 0.480 e. The number of carboxylic acids is 1. The topological polar surface area (TPSA) is 131 Å². The molecule has 1 heterocycles. The summed E-state index contributed by atoms with van der Waals surface area (Å²) >= 11 is 1.46. The number of hydrogen-bond acceptors (Lipinski definition) is 7. The van der Waals surface area contributed by atoms with Crippen LogP contribution in [0.25, 0.3) is 0 Å². The lowest BCUT2D eigenvalue weighted by atomic mass is 10.2. The lowest BCUT2D eigenvalue weighted by Crippen LogP contribution is -2.47. The van der Waals surface area contributed by atoms with Crippen molar-refractivity contribution in [2.45, 2.75) is 24.3 Å². The minimum atomic E-state index is -3.61. The third kappa shape index (κ3) is 6.72. The van der Waals surface area contributed by atoms with Gasteiger partial charge in [0.1, 0.15) is 17.7 Å². The summed E-state index contributed by atoms with van der Waals surface area (Å²) in [5.74, 6) is -1.36. The maximum atomic E-state index is 12.8. The highest BCUT2D eigenvalue weighted by atomic mass is 32.2. The molecule has 0 aromatic heterocycles. The van der Waals surface area contributed by atoms with Gasteiger partial charge in [-0.05, 0) is 37.5 Å². The Morgan fingerprint density at radius 3 is 2.39 bits per heavy atom. The molecule has 0 spiro atoms. The van der Waals surface area contributed by atoms with Gasteiger partial charge < -0.3 is 15.3 Å². The zero-order valence-corrected chi connectivity index (χ0v) is 19.1. The molecule has 1 unspecified atom stereocenters. The first-order valence-corrected chi connectivity index (χ1v) is 12.5. The predicted octanol–water partition coefficient (Wildman–Crippen LogP) is 1.03. The van der Waals surface area contributed by atoms with Crippen molar-refractivity contribution in [2.75, 3.05) is 38.2 Å². The van der Waals surface area contributed by atoms with Gasteiger partial charge in [0.2, 0.25) is 10.0 Å². The molecular formula is C20H26N4O5S2. The minimum absolute atomic E-state index is 0.207. The number of nitrogens with zero attached hydrogens (tertiary/aromatic N) is 3. The van der Waals surface area contributed by atoms with Crippen LogP contribution in [0, 0.1) is 18.3 Å². The summed E-state index contributed by atoms with van der Waals surface area (Å²) in [7, 11) is -3.61. The Labute approximate surface area is 186 Å². The number of amides is 1.